The highest BCUT2D eigenvalue weighted by molar-refractivity contribution is 5.92. The maximum atomic E-state index is 13.0. The molecule has 0 aromatic carbocycles. The van der Waals surface area contributed by atoms with E-state index in [0.29, 0.717) is 19.6 Å². The second-order valence-electron chi connectivity index (χ2n) is 7.08. The van der Waals surface area contributed by atoms with Crippen molar-refractivity contribution in [2.45, 2.75) is 25.8 Å². The number of aromatic nitrogens is 1. The highest BCUT2D eigenvalue weighted by Gasteiger charge is 2.32. The Hall–Kier alpha value is -2.06. The predicted molar refractivity (Wildman–Crippen MR) is 97.8 cm³/mol. The van der Waals surface area contributed by atoms with E-state index in [1.807, 2.05) is 4.90 Å². The number of carbonyl (C=O) groups excluding carboxylic acids is 2. The second-order valence-corrected chi connectivity index (χ2v) is 7.08. The van der Waals surface area contributed by atoms with E-state index in [4.69, 9.17) is 4.74 Å². The third-order valence-electron chi connectivity index (χ3n) is 5.22. The van der Waals surface area contributed by atoms with E-state index in [2.05, 4.69) is 9.88 Å². The van der Waals surface area contributed by atoms with Crippen molar-refractivity contribution in [2.75, 3.05) is 52.5 Å². The van der Waals surface area contributed by atoms with Crippen LogP contribution in [-0.4, -0.2) is 90.0 Å². The summed E-state index contributed by atoms with van der Waals surface area (Å²) in [6, 6.07) is 2.66. The highest BCUT2D eigenvalue weighted by Crippen LogP contribution is 2.18. The summed E-state index contributed by atoms with van der Waals surface area (Å²) in [5, 5.41) is 0. The van der Waals surface area contributed by atoms with Crippen molar-refractivity contribution in [1.82, 2.24) is 19.7 Å². The summed E-state index contributed by atoms with van der Waals surface area (Å²) in [5.41, 5.74) is 0.235. The molecule has 0 spiro atoms. The maximum Gasteiger partial charge on any atom is 0.272 e. The third kappa shape index (κ3) is 5.23. The van der Waals surface area contributed by atoms with Gasteiger partial charge in [-0.15, -0.1) is 0 Å². The van der Waals surface area contributed by atoms with Gasteiger partial charge in [0, 0.05) is 46.2 Å². The molecule has 3 heterocycles. The Labute approximate surface area is 159 Å². The van der Waals surface area contributed by atoms with Crippen LogP contribution < -0.4 is 0 Å². The largest absolute Gasteiger partial charge is 0.379 e. The first-order chi connectivity index (χ1) is 13.0. The molecule has 1 aromatic rings. The minimum absolute atomic E-state index is 0.0246. The fraction of sp³-hybridized carbons (Fsp3) is 0.632. The van der Waals surface area contributed by atoms with E-state index in [1.165, 1.54) is 12.1 Å². The van der Waals surface area contributed by atoms with Crippen molar-refractivity contribution in [3.05, 3.63) is 29.8 Å². The minimum Gasteiger partial charge on any atom is -0.379 e. The van der Waals surface area contributed by atoms with Crippen molar-refractivity contribution in [2.24, 2.45) is 0 Å². The number of likely N-dealkylation sites (tertiary alicyclic amines) is 1. The molecule has 2 saturated heterocycles. The first-order valence-corrected chi connectivity index (χ1v) is 9.53. The Morgan fingerprint density at radius 2 is 2.07 bits per heavy atom. The molecule has 27 heavy (non-hydrogen) atoms. The molecule has 2 fully saturated rings. The van der Waals surface area contributed by atoms with Crippen LogP contribution in [0.5, 0.6) is 0 Å². The molecule has 1 aromatic heterocycles. The van der Waals surface area contributed by atoms with Gasteiger partial charge < -0.3 is 14.5 Å². The summed E-state index contributed by atoms with van der Waals surface area (Å²) in [5.74, 6) is -0.639. The maximum absolute atomic E-state index is 13.0. The molecule has 1 atom stereocenters. The third-order valence-corrected chi connectivity index (χ3v) is 5.22. The van der Waals surface area contributed by atoms with Crippen molar-refractivity contribution >= 4 is 11.8 Å². The average Bonchev–Trinajstić information content (AvgIpc) is 3.15. The smallest absolute Gasteiger partial charge is 0.272 e. The molecule has 0 radical (unpaired) electrons. The zero-order valence-corrected chi connectivity index (χ0v) is 15.8. The molecule has 0 bridgehead atoms. The van der Waals surface area contributed by atoms with Crippen LogP contribution in [0.2, 0.25) is 0 Å². The number of ether oxygens (including phenoxy) is 1. The van der Waals surface area contributed by atoms with Gasteiger partial charge in [-0.25, -0.2) is 9.37 Å². The van der Waals surface area contributed by atoms with E-state index in [9.17, 15) is 14.0 Å². The molecular weight excluding hydrogens is 351 g/mol. The molecule has 3 rings (SSSR count). The SMILES string of the molecule is CC(=O)N(CCCN1CCOCC1)C1CCN(C(=O)c2ccc(F)cn2)C1. The number of amides is 2. The van der Waals surface area contributed by atoms with Gasteiger partial charge >= 0.3 is 0 Å². The van der Waals surface area contributed by atoms with Crippen LogP contribution in [0.3, 0.4) is 0 Å². The monoisotopic (exact) mass is 378 g/mol. The summed E-state index contributed by atoms with van der Waals surface area (Å²) >= 11 is 0. The Morgan fingerprint density at radius 3 is 2.74 bits per heavy atom. The summed E-state index contributed by atoms with van der Waals surface area (Å²) in [7, 11) is 0. The molecule has 0 saturated carbocycles. The Bertz CT molecular complexity index is 649. The molecule has 2 aliphatic heterocycles. The van der Waals surface area contributed by atoms with Gasteiger partial charge in [-0.2, -0.15) is 0 Å². The van der Waals surface area contributed by atoms with Gasteiger partial charge in [0.1, 0.15) is 11.5 Å². The number of hydrogen-bond acceptors (Lipinski definition) is 5. The van der Waals surface area contributed by atoms with Gasteiger partial charge in [-0.3, -0.25) is 14.5 Å². The molecule has 2 amide bonds. The Morgan fingerprint density at radius 1 is 1.30 bits per heavy atom. The fourth-order valence-corrected chi connectivity index (χ4v) is 3.73. The molecule has 148 valence electrons. The molecule has 7 nitrogen and oxygen atoms in total. The van der Waals surface area contributed by atoms with Crippen molar-refractivity contribution in [3.63, 3.8) is 0 Å². The number of nitrogens with zero attached hydrogens (tertiary/aromatic N) is 4. The van der Waals surface area contributed by atoms with Gasteiger partial charge in [0.25, 0.3) is 5.91 Å². The van der Waals surface area contributed by atoms with E-state index in [-0.39, 0.29) is 23.6 Å². The van der Waals surface area contributed by atoms with E-state index in [0.717, 1.165) is 51.9 Å². The molecule has 0 N–H and O–H groups in total. The van der Waals surface area contributed by atoms with Crippen LogP contribution in [0.15, 0.2) is 18.3 Å². The van der Waals surface area contributed by atoms with Gasteiger partial charge in [0.2, 0.25) is 5.91 Å². The quantitative estimate of drug-likeness (QED) is 0.739. The average molecular weight is 378 g/mol. The van der Waals surface area contributed by atoms with Crippen molar-refractivity contribution in [3.8, 4) is 0 Å². The number of pyridine rings is 1. The Kier molecular flexibility index (Phi) is 6.73. The van der Waals surface area contributed by atoms with Gasteiger partial charge in [0.05, 0.1) is 25.5 Å². The van der Waals surface area contributed by atoms with Gasteiger partial charge in [0.15, 0.2) is 0 Å². The molecule has 0 aliphatic carbocycles. The predicted octanol–water partition coefficient (Wildman–Crippen LogP) is 1.01. The van der Waals surface area contributed by atoms with E-state index >= 15 is 0 Å². The minimum atomic E-state index is -0.464. The summed E-state index contributed by atoms with van der Waals surface area (Å²) in [4.78, 5) is 34.5. The molecule has 1 unspecified atom stereocenters. The van der Waals surface area contributed by atoms with Gasteiger partial charge in [-0.05, 0) is 25.0 Å². The lowest BCUT2D eigenvalue weighted by molar-refractivity contribution is -0.131. The lowest BCUT2D eigenvalue weighted by Crippen LogP contribution is -2.44. The normalized spacial score (nSPS) is 20.7. The van der Waals surface area contributed by atoms with E-state index < -0.39 is 5.82 Å². The lowest BCUT2D eigenvalue weighted by atomic mass is 10.2. The summed E-state index contributed by atoms with van der Waals surface area (Å²) < 4.78 is 18.3. The number of morpholine rings is 1. The molecule has 2 aliphatic rings. The first-order valence-electron chi connectivity index (χ1n) is 9.53. The Balaban J connectivity index is 1.51. The topological polar surface area (TPSA) is 66.0 Å². The standard InChI is InChI=1S/C19H27FN4O3/c1-15(25)24(7-2-6-22-9-11-27-12-10-22)17-5-8-23(14-17)19(26)18-4-3-16(20)13-21-18/h3-4,13,17H,2,5-12,14H2,1H3. The highest BCUT2D eigenvalue weighted by atomic mass is 19.1. The van der Waals surface area contributed by atoms with Crippen LogP contribution in [0.4, 0.5) is 4.39 Å². The summed E-state index contributed by atoms with van der Waals surface area (Å²) in [6.07, 6.45) is 2.71. The van der Waals surface area contributed by atoms with Crippen LogP contribution in [0.1, 0.15) is 30.3 Å². The van der Waals surface area contributed by atoms with Crippen LogP contribution >= 0.6 is 0 Å². The number of rotatable bonds is 6. The van der Waals surface area contributed by atoms with Gasteiger partial charge in [-0.1, -0.05) is 0 Å². The molecule has 8 heteroatoms. The summed E-state index contributed by atoms with van der Waals surface area (Å²) in [6.45, 7) is 7.72. The number of carbonyl (C=O) groups is 2. The van der Waals surface area contributed by atoms with Crippen LogP contribution in [0, 0.1) is 5.82 Å². The van der Waals surface area contributed by atoms with Crippen LogP contribution in [-0.2, 0) is 9.53 Å². The first kappa shape index (κ1) is 19.7. The van der Waals surface area contributed by atoms with E-state index in [1.54, 1.807) is 11.8 Å². The second kappa shape index (κ2) is 9.23. The van der Waals surface area contributed by atoms with Crippen molar-refractivity contribution in [1.29, 1.82) is 0 Å². The fourth-order valence-electron chi connectivity index (χ4n) is 3.73. The van der Waals surface area contributed by atoms with Crippen molar-refractivity contribution < 1.29 is 18.7 Å². The zero-order chi connectivity index (χ0) is 19.2. The van der Waals surface area contributed by atoms with Crippen LogP contribution in [0.25, 0.3) is 0 Å². The zero-order valence-electron chi connectivity index (χ0n) is 15.8. The number of hydrogen-bond donors (Lipinski definition) is 0. The molecular formula is C19H27FN4O3. The lowest BCUT2D eigenvalue weighted by Gasteiger charge is -2.30. The number of halogens is 1.